The number of aliphatic hydroxyl groups is 2. The van der Waals surface area contributed by atoms with Crippen LogP contribution < -0.4 is 47.1 Å². The van der Waals surface area contributed by atoms with E-state index in [4.69, 9.17) is 15.2 Å². The van der Waals surface area contributed by atoms with Gasteiger partial charge in [-0.15, -0.1) is 0 Å². The van der Waals surface area contributed by atoms with Crippen molar-refractivity contribution in [1.29, 1.82) is 0 Å². The lowest BCUT2D eigenvalue weighted by Gasteiger charge is -2.30. The first kappa shape index (κ1) is 47.7. The number of ether oxygens (including phenoxy) is 2. The van der Waals surface area contributed by atoms with E-state index in [1.165, 1.54) is 79.8 Å². The lowest BCUT2D eigenvalue weighted by atomic mass is 9.98. The average molecular weight is 912 g/mol. The van der Waals surface area contributed by atoms with Gasteiger partial charge in [0.15, 0.2) is 17.5 Å². The van der Waals surface area contributed by atoms with Gasteiger partial charge in [-0.3, -0.25) is 28.8 Å². The topological polar surface area (TPSA) is 337 Å². The predicted molar refractivity (Wildman–Crippen MR) is 230 cm³/mol. The van der Waals surface area contributed by atoms with E-state index < -0.39 is 102 Å². The fourth-order valence-corrected chi connectivity index (χ4v) is 7.32. The number of carbonyl (C=O) groups is 7. The van der Waals surface area contributed by atoms with Crippen molar-refractivity contribution < 1.29 is 68.6 Å². The number of primary amides is 1. The number of hydrogen-bond donors (Lipinski definition) is 12. The zero-order valence-corrected chi connectivity index (χ0v) is 35.7. The Bertz CT molecular complexity index is 2480. The molecular formula is C45H49N7O14. The molecule has 4 heterocycles. The molecule has 21 heteroatoms. The summed E-state index contributed by atoms with van der Waals surface area (Å²) < 4.78 is 12.1. The molecule has 4 aromatic rings. The number of hydrogen-bond acceptors (Lipinski definition) is 14. The van der Waals surface area contributed by atoms with Crippen molar-refractivity contribution in [3.05, 3.63) is 107 Å². The number of rotatable bonds is 9. The summed E-state index contributed by atoms with van der Waals surface area (Å²) in [6.07, 6.45) is -4.18. The number of nitrogens with two attached hydrogens (primary N) is 1. The van der Waals surface area contributed by atoms with Crippen LogP contribution >= 0.6 is 0 Å². The highest BCUT2D eigenvalue weighted by Crippen LogP contribution is 2.44. The zero-order valence-electron chi connectivity index (χ0n) is 35.7. The van der Waals surface area contributed by atoms with E-state index in [9.17, 15) is 59.1 Å². The number of carbonyl (C=O) groups excluding carboxylic acids is 6. The summed E-state index contributed by atoms with van der Waals surface area (Å²) in [7, 11) is 1.53. The van der Waals surface area contributed by atoms with Crippen LogP contribution in [0.15, 0.2) is 84.9 Å². The second-order valence-electron chi connectivity index (χ2n) is 16.1. The molecule has 0 saturated carbocycles. The van der Waals surface area contributed by atoms with E-state index in [1.807, 2.05) is 13.8 Å². The molecule has 0 saturated heterocycles. The van der Waals surface area contributed by atoms with Gasteiger partial charge in [0.25, 0.3) is 0 Å². The third kappa shape index (κ3) is 11.1. The molecule has 0 aliphatic carbocycles. The molecule has 8 atom stereocenters. The maximum atomic E-state index is 14.8. The number of aliphatic carboxylic acids is 1. The molecule has 8 rings (SSSR count). The highest BCUT2D eigenvalue weighted by Gasteiger charge is 2.39. The Morgan fingerprint density at radius 2 is 1.18 bits per heavy atom. The first-order valence-corrected chi connectivity index (χ1v) is 20.6. The molecule has 0 spiro atoms. The van der Waals surface area contributed by atoms with Crippen LogP contribution in [-0.2, 0) is 33.6 Å². The van der Waals surface area contributed by atoms with Crippen molar-refractivity contribution in [2.24, 2.45) is 11.7 Å². The van der Waals surface area contributed by atoms with Crippen molar-refractivity contribution in [3.63, 3.8) is 0 Å². The average Bonchev–Trinajstić information content (AvgIpc) is 3.27. The smallest absolute Gasteiger partial charge is 0.329 e. The molecule has 4 aliphatic heterocycles. The normalized spacial score (nSPS) is 22.8. The lowest BCUT2D eigenvalue weighted by Crippen LogP contribution is -2.59. The number of phenols is 2. The van der Waals surface area contributed by atoms with Crippen molar-refractivity contribution in [2.45, 2.75) is 75.1 Å². The Morgan fingerprint density at radius 1 is 0.682 bits per heavy atom. The summed E-state index contributed by atoms with van der Waals surface area (Å²) >= 11 is 0. The number of aliphatic hydroxyl groups excluding tert-OH is 2. The van der Waals surface area contributed by atoms with Gasteiger partial charge in [0.05, 0.1) is 12.5 Å². The Kier molecular flexibility index (Phi) is 14.7. The molecule has 0 fully saturated rings. The van der Waals surface area contributed by atoms with Gasteiger partial charge in [0.2, 0.25) is 41.2 Å². The molecular weight excluding hydrogens is 863 g/mol. The molecule has 4 aliphatic rings. The molecule has 13 N–H and O–H groups in total. The number of aromatic hydroxyl groups is 2. The number of nitrogens with one attached hydrogen (secondary N) is 6. The first-order valence-electron chi connectivity index (χ1n) is 20.6. The minimum atomic E-state index is -1.99. The van der Waals surface area contributed by atoms with Gasteiger partial charge in [-0.25, -0.2) is 4.79 Å². The summed E-state index contributed by atoms with van der Waals surface area (Å²) in [5.74, 6) is -9.66. The summed E-state index contributed by atoms with van der Waals surface area (Å²) in [5, 5.41) is 69.6. The lowest BCUT2D eigenvalue weighted by molar-refractivity contribution is -0.146. The van der Waals surface area contributed by atoms with E-state index in [0.29, 0.717) is 6.42 Å². The van der Waals surface area contributed by atoms with Crippen LogP contribution in [0.1, 0.15) is 73.2 Å². The molecule has 7 bridgehead atoms. The minimum absolute atomic E-state index is 0.0103. The van der Waals surface area contributed by atoms with Crippen molar-refractivity contribution in [1.82, 2.24) is 31.9 Å². The van der Waals surface area contributed by atoms with Crippen LogP contribution in [0.4, 0.5) is 0 Å². The molecule has 0 unspecified atom stereocenters. The van der Waals surface area contributed by atoms with Crippen molar-refractivity contribution in [3.8, 4) is 34.5 Å². The van der Waals surface area contributed by atoms with Crippen LogP contribution in [0, 0.1) is 5.92 Å². The van der Waals surface area contributed by atoms with Crippen molar-refractivity contribution >= 4 is 41.4 Å². The molecule has 4 aromatic carbocycles. The molecule has 0 radical (unpaired) electrons. The summed E-state index contributed by atoms with van der Waals surface area (Å²) in [4.78, 5) is 96.1. The number of carboxylic acid groups (broad SMARTS) is 1. The first-order chi connectivity index (χ1) is 31.3. The van der Waals surface area contributed by atoms with Gasteiger partial charge < -0.3 is 72.6 Å². The SMILES string of the molecule is CN[C@H](CC(C)C)C(=O)N[C@@H]1C(=O)N[C@@H](CC(N)=O)C(=O)N[C@H]2C(=O)N[C@H](c3ccc(O)cc3)C(=O)N[C@@H](C(=O)O)[C@@H](O)c3ccc(cc3)Oc3cc2cc(c3O)Oc2ccc(cc2)[C@@H]1O. The Balaban J connectivity index is 1.54. The van der Waals surface area contributed by atoms with Gasteiger partial charge in [-0.2, -0.15) is 0 Å². The van der Waals surface area contributed by atoms with Crippen LogP contribution in [0.2, 0.25) is 0 Å². The molecule has 66 heavy (non-hydrogen) atoms. The van der Waals surface area contributed by atoms with E-state index in [1.54, 1.807) is 0 Å². The van der Waals surface area contributed by atoms with E-state index in [0.717, 1.165) is 12.1 Å². The van der Waals surface area contributed by atoms with Crippen LogP contribution in [0.5, 0.6) is 34.5 Å². The highest BCUT2D eigenvalue weighted by molar-refractivity contribution is 5.99. The largest absolute Gasteiger partial charge is 0.508 e. The highest BCUT2D eigenvalue weighted by atomic mass is 16.5. The van der Waals surface area contributed by atoms with Crippen LogP contribution in [0.3, 0.4) is 0 Å². The van der Waals surface area contributed by atoms with Gasteiger partial charge in [-0.1, -0.05) is 50.2 Å². The van der Waals surface area contributed by atoms with E-state index in [-0.39, 0.29) is 56.9 Å². The fourth-order valence-electron chi connectivity index (χ4n) is 7.32. The summed E-state index contributed by atoms with van der Waals surface area (Å²) in [6.45, 7) is 3.75. The monoisotopic (exact) mass is 911 g/mol. The number of benzene rings is 4. The zero-order chi connectivity index (χ0) is 48.0. The number of carboxylic acids is 1. The van der Waals surface area contributed by atoms with Gasteiger partial charge in [0, 0.05) is 0 Å². The molecule has 348 valence electrons. The van der Waals surface area contributed by atoms with E-state index >= 15 is 0 Å². The van der Waals surface area contributed by atoms with Crippen LogP contribution in [0.25, 0.3) is 0 Å². The fraction of sp³-hybridized carbons (Fsp3) is 0.311. The van der Waals surface area contributed by atoms with E-state index in [2.05, 4.69) is 31.9 Å². The number of phenolic OH excluding ortho intramolecular Hbond substituents is 2. The predicted octanol–water partition coefficient (Wildman–Crippen LogP) is 0.840. The number of fused-ring (bicyclic) bond motifs is 16. The van der Waals surface area contributed by atoms with Gasteiger partial charge in [-0.05, 0) is 90.2 Å². The molecule has 21 nitrogen and oxygen atoms in total. The molecule has 0 aromatic heterocycles. The van der Waals surface area contributed by atoms with Gasteiger partial charge >= 0.3 is 5.97 Å². The maximum absolute atomic E-state index is 14.8. The Hall–Kier alpha value is -7.75. The number of amides is 6. The molecule has 6 amide bonds. The quantitative estimate of drug-likeness (QED) is 0.111. The second-order valence-corrected chi connectivity index (χ2v) is 16.1. The summed E-state index contributed by atoms with van der Waals surface area (Å²) in [6, 6.07) is 7.64. The Labute approximate surface area is 376 Å². The third-order valence-corrected chi connectivity index (χ3v) is 10.8. The number of likely N-dealkylation sites (N-methyl/N-ethyl adjacent to an activating group) is 1. The second kappa shape index (κ2) is 20.4. The summed E-state index contributed by atoms with van der Waals surface area (Å²) in [5.41, 5.74) is 5.47. The third-order valence-electron chi connectivity index (χ3n) is 10.8. The Morgan fingerprint density at radius 3 is 1.70 bits per heavy atom. The van der Waals surface area contributed by atoms with Gasteiger partial charge in [0.1, 0.15) is 53.6 Å². The van der Waals surface area contributed by atoms with Crippen molar-refractivity contribution in [2.75, 3.05) is 7.05 Å². The minimum Gasteiger partial charge on any atom is -0.508 e. The maximum Gasteiger partial charge on any atom is 0.329 e. The standard InChI is InChI=1S/C45H49N7O14/c1-20(2)16-28(47-3)40(58)51-35-37(55)22-6-12-26(13-7-22)65-30-17-24-18-31(39(30)57)66-27-14-8-23(9-15-27)38(56)36(45(63)64)52-42(60)33(21-4-10-25(53)11-5-21)50-43(61)34(24)49-41(59)29(19-32(46)54)48-44(35)62/h4-15,17-18,20,28-29,33-38,47,53,55-57H,16,19H2,1-3H3,(H2,46,54)(H,48,62)(H,49,59)(H,50,61)(H,51,58)(H,52,60)(H,63,64)/t28-,29+,33-,34-,35+,36-,37+,38+/m1/s1. The van der Waals surface area contributed by atoms with Crippen LogP contribution in [-0.4, -0.2) is 98.2 Å².